The molecule has 4 heterocycles. The Hall–Kier alpha value is -5.16. The Morgan fingerprint density at radius 2 is 1.66 bits per heavy atom. The van der Waals surface area contributed by atoms with Crippen molar-refractivity contribution >= 4 is 28.6 Å². The van der Waals surface area contributed by atoms with Crippen molar-refractivity contribution in [3.8, 4) is 5.75 Å². The molecule has 1 saturated heterocycles. The average Bonchev–Trinajstić information content (AvgIpc) is 4.10. The maximum absolute atomic E-state index is 15.8. The number of piperidine rings is 1. The van der Waals surface area contributed by atoms with Gasteiger partial charge in [-0.2, -0.15) is 0 Å². The van der Waals surface area contributed by atoms with Gasteiger partial charge in [0.1, 0.15) is 12.2 Å². The fourth-order valence-electron chi connectivity index (χ4n) is 7.74. The zero-order valence-corrected chi connectivity index (χ0v) is 38.4. The molecule has 0 unspecified atom stereocenters. The predicted octanol–water partition coefficient (Wildman–Crippen LogP) is 6.36. The number of halogens is 1. The van der Waals surface area contributed by atoms with Gasteiger partial charge in [0.05, 0.1) is 70.0 Å². The zero-order chi connectivity index (χ0) is 45.6. The van der Waals surface area contributed by atoms with Crippen molar-refractivity contribution in [2.75, 3.05) is 84.4 Å². The van der Waals surface area contributed by atoms with Crippen molar-refractivity contribution in [1.29, 1.82) is 0 Å². The van der Waals surface area contributed by atoms with Gasteiger partial charge in [-0.15, -0.1) is 0 Å². The number of carbonyl (C=O) groups is 2. The number of nitrogens with one attached hydrogen (secondary N) is 1. The van der Waals surface area contributed by atoms with Crippen LogP contribution in [0, 0.1) is 19.7 Å². The lowest BCUT2D eigenvalue weighted by atomic mass is 10.0. The van der Waals surface area contributed by atoms with Gasteiger partial charge in [0.15, 0.2) is 17.0 Å². The fraction of sp³-hybridized carbons (Fsp3) is 0.562. The maximum Gasteiger partial charge on any atom is 0.407 e. The van der Waals surface area contributed by atoms with Crippen LogP contribution in [0.3, 0.4) is 0 Å². The molecule has 3 aromatic heterocycles. The van der Waals surface area contributed by atoms with Gasteiger partial charge in [-0.05, 0) is 96.2 Å². The minimum absolute atomic E-state index is 0.0451. The molecule has 348 valence electrons. The summed E-state index contributed by atoms with van der Waals surface area (Å²) >= 11 is 0. The Bertz CT molecular complexity index is 2210. The summed E-state index contributed by atoms with van der Waals surface area (Å²) < 4.78 is 45.5. The summed E-state index contributed by atoms with van der Waals surface area (Å²) in [7, 11) is 1.67. The molecular weight excluding hydrogens is 822 g/mol. The van der Waals surface area contributed by atoms with Crippen LogP contribution in [-0.4, -0.2) is 127 Å². The number of anilines is 1. The van der Waals surface area contributed by atoms with Gasteiger partial charge in [0.25, 0.3) is 0 Å². The van der Waals surface area contributed by atoms with Crippen molar-refractivity contribution in [3.05, 3.63) is 93.5 Å². The summed E-state index contributed by atoms with van der Waals surface area (Å²) in [6.45, 7) is 14.8. The molecule has 1 atom stereocenters. The van der Waals surface area contributed by atoms with Gasteiger partial charge in [0, 0.05) is 92.7 Å². The Labute approximate surface area is 376 Å². The fourth-order valence-corrected chi connectivity index (χ4v) is 7.74. The first kappa shape index (κ1) is 48.3. The van der Waals surface area contributed by atoms with E-state index in [9.17, 15) is 14.4 Å². The smallest absolute Gasteiger partial charge is 0.407 e. The number of carbonyl (C=O) groups excluding carboxylic acids is 2. The number of pyridine rings is 3. The van der Waals surface area contributed by atoms with E-state index in [1.807, 2.05) is 44.6 Å². The second-order valence-corrected chi connectivity index (χ2v) is 17.7. The number of ether oxygens (including phenoxy) is 5. The topological polar surface area (TPSA) is 150 Å². The van der Waals surface area contributed by atoms with Crippen LogP contribution in [0.5, 0.6) is 5.75 Å². The number of likely N-dealkylation sites (N-methyl/N-ethyl adjacent to an activating group) is 1. The van der Waals surface area contributed by atoms with Crippen LogP contribution in [0.15, 0.2) is 59.8 Å². The molecule has 2 aliphatic rings. The lowest BCUT2D eigenvalue weighted by Gasteiger charge is -2.40. The molecule has 0 spiro atoms. The predicted molar refractivity (Wildman–Crippen MR) is 243 cm³/mol. The number of aryl methyl sites for hydroxylation is 2. The van der Waals surface area contributed by atoms with E-state index in [0.29, 0.717) is 69.1 Å². The Morgan fingerprint density at radius 3 is 2.36 bits per heavy atom. The van der Waals surface area contributed by atoms with Crippen LogP contribution in [0.2, 0.25) is 0 Å². The highest BCUT2D eigenvalue weighted by Gasteiger charge is 2.30. The van der Waals surface area contributed by atoms with E-state index in [4.69, 9.17) is 23.7 Å². The first-order valence-electron chi connectivity index (χ1n) is 22.5. The Morgan fingerprint density at radius 1 is 0.906 bits per heavy atom. The summed E-state index contributed by atoms with van der Waals surface area (Å²) in [5.41, 5.74) is 4.69. The number of nitrogens with zero attached hydrogens (tertiary/aromatic N) is 6. The molecule has 0 radical (unpaired) electrons. The van der Waals surface area contributed by atoms with Crippen molar-refractivity contribution in [3.63, 3.8) is 0 Å². The van der Waals surface area contributed by atoms with Crippen LogP contribution >= 0.6 is 0 Å². The third-order valence-corrected chi connectivity index (χ3v) is 11.2. The van der Waals surface area contributed by atoms with Crippen molar-refractivity contribution in [2.45, 2.75) is 97.5 Å². The molecule has 1 saturated carbocycles. The molecule has 1 aliphatic carbocycles. The van der Waals surface area contributed by atoms with Crippen LogP contribution in [0.25, 0.3) is 10.9 Å². The molecule has 1 aliphatic heterocycles. The molecule has 6 rings (SSSR count). The Balaban J connectivity index is 0.991. The number of aromatic nitrogens is 3. The molecular formula is C48H66FN7O8. The number of benzene rings is 1. The number of alkyl carbamates (subject to hydrolysis) is 1. The molecule has 1 aromatic carbocycles. The summed E-state index contributed by atoms with van der Waals surface area (Å²) in [6.07, 6.45) is 9.39. The first-order chi connectivity index (χ1) is 30.7. The lowest BCUT2D eigenvalue weighted by molar-refractivity contribution is -0.131. The third kappa shape index (κ3) is 14.7. The van der Waals surface area contributed by atoms with Crippen molar-refractivity contribution in [2.24, 2.45) is 0 Å². The number of fused-ring (bicyclic) bond motifs is 1. The standard InChI is InChI=1S/C48H66FN7O8/c1-34-9-10-39(29-52-34)54-17-7-8-40(33-54)55(30-36-13-15-50-35(2)26-36)31-37-32-56(38-11-12-38)43-28-44(42(49)27-41(43)46(37)58)63-21-18-53(6)45(57)14-19-60-22-24-62-25-23-61-20-16-51-47(59)64-48(3,4)5/h9-10,13,15,26-29,32,38,40H,7-8,11-12,14,16-25,30-31,33H2,1-6H3,(H,51,59)/t40-/m0/s1. The van der Waals surface area contributed by atoms with Gasteiger partial charge < -0.3 is 43.4 Å². The SMILES string of the molecule is Cc1ccc(N2CCC[C@H](N(Cc3ccnc(C)c3)Cc3cn(C4CC4)c4cc(OCCN(C)C(=O)CCOCCOCCOCCNC(=O)OC(C)(C)C)c(F)cc4c3=O)C2)cn1. The summed E-state index contributed by atoms with van der Waals surface area (Å²) in [4.78, 5) is 54.0. The van der Waals surface area contributed by atoms with Gasteiger partial charge in [-0.3, -0.25) is 24.5 Å². The summed E-state index contributed by atoms with van der Waals surface area (Å²) in [5.74, 6) is -0.703. The maximum atomic E-state index is 15.8. The van der Waals surface area contributed by atoms with Crippen LogP contribution < -0.4 is 20.4 Å². The largest absolute Gasteiger partial charge is 0.489 e. The number of amides is 2. The molecule has 0 bridgehead atoms. The third-order valence-electron chi connectivity index (χ3n) is 11.2. The van der Waals surface area contributed by atoms with E-state index in [1.54, 1.807) is 33.9 Å². The summed E-state index contributed by atoms with van der Waals surface area (Å²) in [6, 6.07) is 11.6. The second kappa shape index (κ2) is 23.2. The highest BCUT2D eigenvalue weighted by atomic mass is 19.1. The Kier molecular flexibility index (Phi) is 17.5. The van der Waals surface area contributed by atoms with Gasteiger partial charge >= 0.3 is 6.09 Å². The molecule has 1 N–H and O–H groups in total. The normalized spacial score (nSPS) is 15.4. The number of rotatable bonds is 23. The molecule has 64 heavy (non-hydrogen) atoms. The minimum atomic E-state index is -0.616. The van der Waals surface area contributed by atoms with E-state index in [0.717, 1.165) is 61.4 Å². The number of hydrogen-bond acceptors (Lipinski definition) is 12. The molecule has 16 heteroatoms. The molecule has 2 amide bonds. The molecule has 2 fully saturated rings. The second-order valence-electron chi connectivity index (χ2n) is 17.7. The van der Waals surface area contributed by atoms with Gasteiger partial charge in [-0.25, -0.2) is 9.18 Å². The molecule has 4 aromatic rings. The average molecular weight is 888 g/mol. The summed E-state index contributed by atoms with van der Waals surface area (Å²) in [5, 5.41) is 2.96. The number of hydrogen-bond donors (Lipinski definition) is 1. The van der Waals surface area contributed by atoms with Crippen molar-refractivity contribution in [1.82, 2.24) is 29.7 Å². The van der Waals surface area contributed by atoms with Gasteiger partial charge in [0.2, 0.25) is 5.91 Å². The van der Waals surface area contributed by atoms with Crippen LogP contribution in [-0.2, 0) is 36.8 Å². The highest BCUT2D eigenvalue weighted by molar-refractivity contribution is 5.82. The monoisotopic (exact) mass is 887 g/mol. The van der Waals surface area contributed by atoms with Crippen LogP contribution in [0.4, 0.5) is 14.9 Å². The van der Waals surface area contributed by atoms with E-state index >= 15 is 4.39 Å². The zero-order valence-electron chi connectivity index (χ0n) is 38.4. The molecule has 15 nitrogen and oxygen atoms in total. The van der Waals surface area contributed by atoms with E-state index in [2.05, 4.69) is 41.8 Å². The van der Waals surface area contributed by atoms with Crippen LogP contribution in [0.1, 0.15) is 81.4 Å². The quantitative estimate of drug-likeness (QED) is 0.0827. The minimum Gasteiger partial charge on any atom is -0.489 e. The van der Waals surface area contributed by atoms with E-state index < -0.39 is 17.5 Å². The highest BCUT2D eigenvalue weighted by Crippen LogP contribution is 2.38. The lowest BCUT2D eigenvalue weighted by Crippen LogP contribution is -2.48. The first-order valence-corrected chi connectivity index (χ1v) is 22.5. The van der Waals surface area contributed by atoms with Crippen molar-refractivity contribution < 1.29 is 37.7 Å². The van der Waals surface area contributed by atoms with E-state index in [-0.39, 0.29) is 55.3 Å². The van der Waals surface area contributed by atoms with Gasteiger partial charge in [-0.1, -0.05) is 0 Å². The van der Waals surface area contributed by atoms with E-state index in [1.165, 1.54) is 11.0 Å².